The molecule has 0 radical (unpaired) electrons. The number of nitrogens with zero attached hydrogens (tertiary/aromatic N) is 4. The number of hydrogen-bond acceptors (Lipinski definition) is 8. The Hall–Kier alpha value is -6.07. The second-order valence-electron chi connectivity index (χ2n) is 17.0. The largest absolute Gasteiger partial charge is 0.453 e. The Morgan fingerprint density at radius 1 is 0.750 bits per heavy atom. The molecule has 9 rings (SSSR count). The van der Waals surface area contributed by atoms with E-state index >= 15 is 0 Å². The number of piperidine rings is 1. The van der Waals surface area contributed by atoms with E-state index in [0.717, 1.165) is 51.3 Å². The lowest BCUT2D eigenvalue weighted by atomic mass is 9.92. The van der Waals surface area contributed by atoms with Crippen LogP contribution in [0.5, 0.6) is 0 Å². The molecular formula is C45H47ClN8O6. The van der Waals surface area contributed by atoms with E-state index in [9.17, 15) is 19.2 Å². The lowest BCUT2D eigenvalue weighted by Gasteiger charge is -2.33. The van der Waals surface area contributed by atoms with Crippen molar-refractivity contribution in [1.29, 1.82) is 0 Å². The van der Waals surface area contributed by atoms with Gasteiger partial charge in [-0.1, -0.05) is 93.6 Å². The SMILES string of the molecule is COC(=O)NC(C(=O)N1C(c2nc3c(ccc4cc(-c5ccc(-c6nc(C7CC8CC8N7C(=O)C(NC(=O)OC)C(C)C)[nH]c6Cl)cc5)ccc43)[nH]2)CC2C#CC21)C(C)C. The van der Waals surface area contributed by atoms with Crippen LogP contribution in [0.2, 0.25) is 5.15 Å². The minimum absolute atomic E-state index is 0.0505. The highest BCUT2D eigenvalue weighted by molar-refractivity contribution is 6.32. The zero-order valence-electron chi connectivity index (χ0n) is 34.2. The summed E-state index contributed by atoms with van der Waals surface area (Å²) in [5, 5.41) is 7.84. The first-order chi connectivity index (χ1) is 28.8. The van der Waals surface area contributed by atoms with Crippen molar-refractivity contribution < 1.29 is 28.7 Å². The molecule has 0 spiro atoms. The van der Waals surface area contributed by atoms with Gasteiger partial charge in [-0.15, -0.1) is 0 Å². The molecule has 8 atom stereocenters. The van der Waals surface area contributed by atoms with Gasteiger partial charge in [-0.2, -0.15) is 0 Å². The normalized spacial score (nSPS) is 23.4. The highest BCUT2D eigenvalue weighted by Crippen LogP contribution is 2.54. The fourth-order valence-corrected chi connectivity index (χ4v) is 9.49. The average Bonchev–Trinajstić information content (AvgIpc) is 3.51. The maximum Gasteiger partial charge on any atom is 0.407 e. The Morgan fingerprint density at radius 2 is 1.37 bits per heavy atom. The molecule has 14 nitrogen and oxygen atoms in total. The molecule has 310 valence electrons. The average molecular weight is 831 g/mol. The minimum atomic E-state index is -0.764. The van der Waals surface area contributed by atoms with Crippen molar-refractivity contribution in [3.05, 3.63) is 71.4 Å². The lowest BCUT2D eigenvalue weighted by Crippen LogP contribution is -2.54. The maximum absolute atomic E-state index is 14.0. The second kappa shape index (κ2) is 15.2. The molecule has 4 heterocycles. The summed E-state index contributed by atoms with van der Waals surface area (Å²) in [6.07, 6.45) is 1.08. The Kier molecular flexibility index (Phi) is 9.97. The van der Waals surface area contributed by atoms with Gasteiger partial charge < -0.3 is 39.9 Å². The van der Waals surface area contributed by atoms with Crippen LogP contribution < -0.4 is 10.6 Å². The maximum atomic E-state index is 14.0. The molecule has 2 aliphatic heterocycles. The van der Waals surface area contributed by atoms with Gasteiger partial charge in [0.15, 0.2) is 0 Å². The summed E-state index contributed by atoms with van der Waals surface area (Å²) in [4.78, 5) is 72.6. The van der Waals surface area contributed by atoms with Crippen molar-refractivity contribution in [2.45, 2.75) is 83.2 Å². The zero-order valence-corrected chi connectivity index (χ0v) is 35.0. The third-order valence-electron chi connectivity index (χ3n) is 12.6. The number of aromatic nitrogens is 4. The number of fused-ring (bicyclic) bond motifs is 5. The number of benzene rings is 3. The molecule has 15 heteroatoms. The van der Waals surface area contributed by atoms with Crippen LogP contribution in [0, 0.1) is 35.5 Å². The molecule has 3 fully saturated rings. The number of carbonyl (C=O) groups excluding carboxylic acids is 4. The fourth-order valence-electron chi connectivity index (χ4n) is 9.24. The number of rotatable bonds is 10. The third kappa shape index (κ3) is 6.78. The number of H-pyrrole nitrogens is 2. The van der Waals surface area contributed by atoms with Gasteiger partial charge in [-0.05, 0) is 65.7 Å². The van der Waals surface area contributed by atoms with Gasteiger partial charge in [0, 0.05) is 17.0 Å². The van der Waals surface area contributed by atoms with E-state index in [1.165, 1.54) is 14.2 Å². The van der Waals surface area contributed by atoms with Crippen molar-refractivity contribution in [2.75, 3.05) is 14.2 Å². The van der Waals surface area contributed by atoms with E-state index in [1.807, 2.05) is 62.9 Å². The standard InChI is InChI=1S/C45H47ClN8O6/c1-21(2)35(50-44(57)59-5)42(55)53-31-16-13-27(31)18-33(53)40-47-30-15-12-26-17-25(11-14-29(26)38(30)49-40)23-7-9-24(10-8-23)37-39(46)52-41(48-37)34-20-28-19-32(28)54(34)43(56)36(22(3)4)51-45(58)60-6/h7-12,14-15,17,21-22,27-28,31-36H,18-20H2,1-6H3,(H,47,49)(H,48,52)(H,50,57)(H,51,58). The number of likely N-dealkylation sites (tertiary alicyclic amines) is 2. The van der Waals surface area contributed by atoms with Gasteiger partial charge in [0.25, 0.3) is 0 Å². The highest BCUT2D eigenvalue weighted by atomic mass is 35.5. The van der Waals surface area contributed by atoms with E-state index in [1.54, 1.807) is 4.90 Å². The van der Waals surface area contributed by atoms with Gasteiger partial charge in [0.05, 0.1) is 43.3 Å². The fraction of sp³-hybridized carbons (Fsp3) is 0.422. The Morgan fingerprint density at radius 3 is 2.00 bits per heavy atom. The van der Waals surface area contributed by atoms with Crippen LogP contribution in [0.1, 0.15) is 70.7 Å². The Bertz CT molecular complexity index is 2610. The van der Waals surface area contributed by atoms with Crippen LogP contribution in [0.3, 0.4) is 0 Å². The minimum Gasteiger partial charge on any atom is -0.453 e. The van der Waals surface area contributed by atoms with Crippen LogP contribution in [-0.2, 0) is 19.1 Å². The predicted octanol–water partition coefficient (Wildman–Crippen LogP) is 7.12. The number of alkyl carbamates (subject to hydrolysis) is 2. The van der Waals surface area contributed by atoms with Crippen LogP contribution >= 0.6 is 11.6 Å². The van der Waals surface area contributed by atoms with Gasteiger partial charge in [-0.3, -0.25) is 9.59 Å². The molecular weight excluding hydrogens is 784 g/mol. The van der Waals surface area contributed by atoms with Gasteiger partial charge in [0.1, 0.15) is 40.6 Å². The summed E-state index contributed by atoms with van der Waals surface area (Å²) >= 11 is 6.79. The Labute approximate surface area is 352 Å². The van der Waals surface area contributed by atoms with E-state index < -0.39 is 24.3 Å². The third-order valence-corrected chi connectivity index (χ3v) is 12.9. The summed E-state index contributed by atoms with van der Waals surface area (Å²) in [5.74, 6) is 7.49. The van der Waals surface area contributed by atoms with E-state index in [-0.39, 0.29) is 53.7 Å². The molecule has 2 saturated heterocycles. The molecule has 3 aromatic carbocycles. The first kappa shape index (κ1) is 39.4. The number of imidazole rings is 2. The highest BCUT2D eigenvalue weighted by Gasteiger charge is 2.56. The molecule has 4 aliphatic rings. The summed E-state index contributed by atoms with van der Waals surface area (Å²) < 4.78 is 9.62. The first-order valence-electron chi connectivity index (χ1n) is 20.5. The van der Waals surface area contributed by atoms with Gasteiger partial charge >= 0.3 is 12.2 Å². The zero-order chi connectivity index (χ0) is 42.1. The number of amides is 4. The number of aromatic amines is 2. The monoisotopic (exact) mass is 830 g/mol. The summed E-state index contributed by atoms with van der Waals surface area (Å²) in [5.41, 5.74) is 5.16. The Balaban J connectivity index is 0.943. The predicted molar refractivity (Wildman–Crippen MR) is 225 cm³/mol. The van der Waals surface area contributed by atoms with E-state index in [0.29, 0.717) is 34.8 Å². The molecule has 60 heavy (non-hydrogen) atoms. The van der Waals surface area contributed by atoms with Crippen LogP contribution in [0.4, 0.5) is 9.59 Å². The van der Waals surface area contributed by atoms with Crippen molar-refractivity contribution >= 4 is 57.4 Å². The van der Waals surface area contributed by atoms with Crippen molar-refractivity contribution in [3.8, 4) is 34.2 Å². The molecule has 4 amide bonds. The number of nitrogens with one attached hydrogen (secondary N) is 4. The van der Waals surface area contributed by atoms with Crippen LogP contribution in [-0.4, -0.2) is 92.1 Å². The summed E-state index contributed by atoms with van der Waals surface area (Å²) in [6.45, 7) is 7.59. The first-order valence-corrected chi connectivity index (χ1v) is 20.9. The van der Waals surface area contributed by atoms with E-state index in [2.05, 4.69) is 56.7 Å². The quantitative estimate of drug-likeness (QED) is 0.108. The molecule has 4 N–H and O–H groups in total. The van der Waals surface area contributed by atoms with Crippen molar-refractivity contribution in [3.63, 3.8) is 0 Å². The van der Waals surface area contributed by atoms with Crippen molar-refractivity contribution in [1.82, 2.24) is 40.4 Å². The number of halogens is 1. The summed E-state index contributed by atoms with van der Waals surface area (Å²) in [7, 11) is 2.57. The van der Waals surface area contributed by atoms with Crippen LogP contribution in [0.15, 0.2) is 54.6 Å². The molecule has 8 unspecified atom stereocenters. The molecule has 0 bridgehead atoms. The topological polar surface area (TPSA) is 175 Å². The number of hydrogen-bond donors (Lipinski definition) is 4. The molecule has 2 aliphatic carbocycles. The van der Waals surface area contributed by atoms with Crippen LogP contribution in [0.25, 0.3) is 44.2 Å². The molecule has 5 aromatic rings. The molecule has 2 aromatic heterocycles. The lowest BCUT2D eigenvalue weighted by molar-refractivity contribution is -0.137. The smallest absolute Gasteiger partial charge is 0.407 e. The second-order valence-corrected chi connectivity index (χ2v) is 17.4. The van der Waals surface area contributed by atoms with E-state index in [4.69, 9.17) is 31.0 Å². The van der Waals surface area contributed by atoms with Gasteiger partial charge in [-0.25, -0.2) is 19.6 Å². The number of methoxy groups -OCH3 is 2. The van der Waals surface area contributed by atoms with Gasteiger partial charge in [0.2, 0.25) is 11.8 Å². The summed E-state index contributed by atoms with van der Waals surface area (Å²) in [6, 6.07) is 16.2. The number of carbonyl (C=O) groups is 4. The van der Waals surface area contributed by atoms with Crippen molar-refractivity contribution in [2.24, 2.45) is 23.7 Å². The molecule has 1 saturated carbocycles. The number of ether oxygens (including phenoxy) is 2.